The largest absolute Gasteiger partial charge is 0.507 e. The highest BCUT2D eigenvalue weighted by Gasteiger charge is 2.08. The molecule has 2 aromatic rings. The number of benzene rings is 1. The fourth-order valence-electron chi connectivity index (χ4n) is 1.69. The van der Waals surface area contributed by atoms with Crippen molar-refractivity contribution in [2.45, 2.75) is 13.3 Å². The molecule has 0 saturated heterocycles. The average Bonchev–Trinajstić information content (AvgIpc) is 2.63. The third kappa shape index (κ3) is 2.74. The molecule has 1 N–H and O–H groups in total. The zero-order valence-corrected chi connectivity index (χ0v) is 10.4. The normalized spacial score (nSPS) is 10.5. The fourth-order valence-corrected chi connectivity index (χ4v) is 2.62. The van der Waals surface area contributed by atoms with Gasteiger partial charge in [-0.2, -0.15) is 0 Å². The van der Waals surface area contributed by atoms with Crippen molar-refractivity contribution < 1.29 is 9.50 Å². The first-order valence-corrected chi connectivity index (χ1v) is 6.10. The molecule has 0 fully saturated rings. The van der Waals surface area contributed by atoms with Gasteiger partial charge in [-0.05, 0) is 36.8 Å². The Morgan fingerprint density at radius 2 is 2.12 bits per heavy atom. The lowest BCUT2D eigenvalue weighted by Crippen LogP contribution is -1.88. The van der Waals surface area contributed by atoms with Gasteiger partial charge < -0.3 is 5.11 Å². The van der Waals surface area contributed by atoms with Crippen LogP contribution in [0.1, 0.15) is 15.3 Å². The summed E-state index contributed by atoms with van der Waals surface area (Å²) in [6.45, 7) is 5.99. The first kappa shape index (κ1) is 11.9. The second-order valence-electron chi connectivity index (χ2n) is 3.95. The molecule has 1 nitrogen and oxygen atoms in total. The minimum absolute atomic E-state index is 0.0525. The highest BCUT2D eigenvalue weighted by molar-refractivity contribution is 7.11. The summed E-state index contributed by atoms with van der Waals surface area (Å²) in [6.07, 6.45) is 0.678. The molecule has 0 bridgehead atoms. The lowest BCUT2D eigenvalue weighted by atomic mass is 10.0. The number of rotatable bonds is 3. The Balaban J connectivity index is 2.20. The standard InChI is InChI=1S/C14H13FOS/c1-9(7-12-5-3-10(2)17-12)13-6-4-11(15)8-14(13)16/h3-6,8,16H,1,7H2,2H3. The monoisotopic (exact) mass is 248 g/mol. The molecule has 0 amide bonds. The number of hydrogen-bond donors (Lipinski definition) is 1. The number of phenols is 1. The molecular formula is C14H13FOS. The number of aromatic hydroxyl groups is 1. The van der Waals surface area contributed by atoms with Crippen LogP contribution in [0.3, 0.4) is 0 Å². The summed E-state index contributed by atoms with van der Waals surface area (Å²) in [5.41, 5.74) is 1.40. The third-order valence-corrected chi connectivity index (χ3v) is 3.52. The lowest BCUT2D eigenvalue weighted by Gasteiger charge is -2.07. The van der Waals surface area contributed by atoms with Gasteiger partial charge in [-0.3, -0.25) is 0 Å². The van der Waals surface area contributed by atoms with Gasteiger partial charge >= 0.3 is 0 Å². The molecule has 0 unspecified atom stereocenters. The van der Waals surface area contributed by atoms with Gasteiger partial charge in [0.1, 0.15) is 11.6 Å². The number of hydrogen-bond acceptors (Lipinski definition) is 2. The van der Waals surface area contributed by atoms with Crippen LogP contribution in [0.2, 0.25) is 0 Å². The van der Waals surface area contributed by atoms with Crippen LogP contribution in [-0.4, -0.2) is 5.11 Å². The molecule has 0 saturated carbocycles. The first-order valence-electron chi connectivity index (χ1n) is 5.28. The van der Waals surface area contributed by atoms with Crippen molar-refractivity contribution in [3.63, 3.8) is 0 Å². The van der Waals surface area contributed by atoms with Crippen molar-refractivity contribution in [3.05, 3.63) is 58.0 Å². The smallest absolute Gasteiger partial charge is 0.126 e. The molecule has 1 aromatic heterocycles. The zero-order chi connectivity index (χ0) is 12.4. The average molecular weight is 248 g/mol. The number of phenolic OH excluding ortho intramolecular Hbond substituents is 1. The van der Waals surface area contributed by atoms with Crippen LogP contribution in [-0.2, 0) is 6.42 Å². The maximum Gasteiger partial charge on any atom is 0.126 e. The minimum atomic E-state index is -0.439. The van der Waals surface area contributed by atoms with Gasteiger partial charge in [0.05, 0.1) is 0 Å². The van der Waals surface area contributed by atoms with Crippen LogP contribution in [0.5, 0.6) is 5.75 Å². The summed E-state index contributed by atoms with van der Waals surface area (Å²) in [6, 6.07) is 8.11. The Morgan fingerprint density at radius 3 is 2.71 bits per heavy atom. The molecule has 1 heterocycles. The third-order valence-electron chi connectivity index (χ3n) is 2.52. The Bertz CT molecular complexity index is 557. The molecule has 3 heteroatoms. The number of thiophene rings is 1. The van der Waals surface area contributed by atoms with Crippen LogP contribution in [0, 0.1) is 12.7 Å². The van der Waals surface area contributed by atoms with Crippen LogP contribution >= 0.6 is 11.3 Å². The van der Waals surface area contributed by atoms with E-state index in [9.17, 15) is 9.50 Å². The van der Waals surface area contributed by atoms with Gasteiger partial charge in [0.2, 0.25) is 0 Å². The predicted octanol–water partition coefficient (Wildman–Crippen LogP) is 4.16. The SMILES string of the molecule is C=C(Cc1ccc(C)s1)c1ccc(F)cc1O. The molecule has 0 aliphatic carbocycles. The van der Waals surface area contributed by atoms with Gasteiger partial charge in [-0.25, -0.2) is 4.39 Å². The number of aryl methyl sites for hydroxylation is 1. The van der Waals surface area contributed by atoms with Crippen molar-refractivity contribution in [1.29, 1.82) is 0 Å². The maximum atomic E-state index is 12.9. The first-order chi connectivity index (χ1) is 8.06. The molecule has 17 heavy (non-hydrogen) atoms. The maximum absolute atomic E-state index is 12.9. The molecule has 0 aliphatic heterocycles. The fraction of sp³-hybridized carbons (Fsp3) is 0.143. The van der Waals surface area contributed by atoms with Crippen LogP contribution in [0.25, 0.3) is 5.57 Å². The summed E-state index contributed by atoms with van der Waals surface area (Å²) in [5, 5.41) is 9.65. The van der Waals surface area contributed by atoms with Gasteiger partial charge in [0.15, 0.2) is 0 Å². The van der Waals surface area contributed by atoms with E-state index in [1.807, 2.05) is 13.0 Å². The van der Waals surface area contributed by atoms with Crippen molar-refractivity contribution in [1.82, 2.24) is 0 Å². The predicted molar refractivity (Wildman–Crippen MR) is 69.9 cm³/mol. The molecule has 2 rings (SSSR count). The van der Waals surface area contributed by atoms with Crippen molar-refractivity contribution in [2.75, 3.05) is 0 Å². The Hall–Kier alpha value is -1.61. The Labute approximate surface area is 104 Å². The molecule has 0 aliphatic rings. The number of allylic oxidation sites excluding steroid dienone is 1. The summed E-state index contributed by atoms with van der Waals surface area (Å²) < 4.78 is 12.9. The van der Waals surface area contributed by atoms with Crippen LogP contribution < -0.4 is 0 Å². The van der Waals surface area contributed by atoms with Gasteiger partial charge in [0, 0.05) is 27.8 Å². The van der Waals surface area contributed by atoms with E-state index in [0.29, 0.717) is 12.0 Å². The zero-order valence-electron chi connectivity index (χ0n) is 9.53. The molecule has 0 radical (unpaired) electrons. The lowest BCUT2D eigenvalue weighted by molar-refractivity contribution is 0.467. The quantitative estimate of drug-likeness (QED) is 0.864. The minimum Gasteiger partial charge on any atom is -0.507 e. The van der Waals surface area contributed by atoms with Crippen LogP contribution in [0.15, 0.2) is 36.9 Å². The second-order valence-corrected chi connectivity index (χ2v) is 5.33. The van der Waals surface area contributed by atoms with E-state index in [-0.39, 0.29) is 5.75 Å². The van der Waals surface area contributed by atoms with E-state index in [0.717, 1.165) is 11.6 Å². The van der Waals surface area contributed by atoms with E-state index >= 15 is 0 Å². The van der Waals surface area contributed by atoms with E-state index < -0.39 is 5.82 Å². The van der Waals surface area contributed by atoms with E-state index in [1.165, 1.54) is 15.8 Å². The highest BCUT2D eigenvalue weighted by Crippen LogP contribution is 2.29. The van der Waals surface area contributed by atoms with Crippen molar-refractivity contribution >= 4 is 16.9 Å². The molecule has 0 atom stereocenters. The van der Waals surface area contributed by atoms with E-state index in [4.69, 9.17) is 0 Å². The summed E-state index contributed by atoms with van der Waals surface area (Å²) >= 11 is 1.70. The molecule has 0 spiro atoms. The van der Waals surface area contributed by atoms with Crippen molar-refractivity contribution in [2.24, 2.45) is 0 Å². The number of halogens is 1. The Morgan fingerprint density at radius 1 is 1.35 bits per heavy atom. The molecule has 1 aromatic carbocycles. The summed E-state index contributed by atoms with van der Waals surface area (Å²) in [4.78, 5) is 2.44. The summed E-state index contributed by atoms with van der Waals surface area (Å²) in [5.74, 6) is -0.491. The highest BCUT2D eigenvalue weighted by atomic mass is 32.1. The topological polar surface area (TPSA) is 20.2 Å². The second kappa shape index (κ2) is 4.72. The van der Waals surface area contributed by atoms with Gasteiger partial charge in [-0.1, -0.05) is 6.58 Å². The molecule has 88 valence electrons. The van der Waals surface area contributed by atoms with Crippen LogP contribution in [0.4, 0.5) is 4.39 Å². The van der Waals surface area contributed by atoms with E-state index in [1.54, 1.807) is 17.4 Å². The van der Waals surface area contributed by atoms with Crippen molar-refractivity contribution in [3.8, 4) is 5.75 Å². The van der Waals surface area contributed by atoms with Gasteiger partial charge in [-0.15, -0.1) is 11.3 Å². The van der Waals surface area contributed by atoms with Gasteiger partial charge in [0.25, 0.3) is 0 Å². The Kier molecular flexibility index (Phi) is 3.29. The summed E-state index contributed by atoms with van der Waals surface area (Å²) in [7, 11) is 0. The molecular weight excluding hydrogens is 235 g/mol. The van der Waals surface area contributed by atoms with E-state index in [2.05, 4.69) is 12.6 Å².